The lowest BCUT2D eigenvalue weighted by Gasteiger charge is -2.30. The van der Waals surface area contributed by atoms with Gasteiger partial charge in [0.15, 0.2) is 11.6 Å². The molecule has 0 aliphatic heterocycles. The highest BCUT2D eigenvalue weighted by Crippen LogP contribution is 2.27. The van der Waals surface area contributed by atoms with Crippen LogP contribution < -0.4 is 0 Å². The molecule has 2 aromatic rings. The minimum absolute atomic E-state index is 0.0247. The van der Waals surface area contributed by atoms with Crippen molar-refractivity contribution in [2.24, 2.45) is 0 Å². The maximum atomic E-state index is 13.3. The average molecular weight is 573 g/mol. The number of hydrogen-bond acceptors (Lipinski definition) is 10. The number of carbonyl (C=O) groups is 4. The van der Waals surface area contributed by atoms with Crippen molar-refractivity contribution in [3.8, 4) is 0 Å². The zero-order valence-electron chi connectivity index (χ0n) is 24.1. The molecule has 10 nitrogen and oxygen atoms in total. The molecule has 1 unspecified atom stereocenters. The predicted octanol–water partition coefficient (Wildman–Crippen LogP) is 3.81. The van der Waals surface area contributed by atoms with Crippen LogP contribution >= 0.6 is 0 Å². The van der Waals surface area contributed by atoms with E-state index >= 15 is 0 Å². The van der Waals surface area contributed by atoms with E-state index in [4.69, 9.17) is 29.2 Å². The molecular weight excluding hydrogens is 532 g/mol. The van der Waals surface area contributed by atoms with Gasteiger partial charge in [0, 0.05) is 11.1 Å². The van der Waals surface area contributed by atoms with Crippen LogP contribution in [-0.4, -0.2) is 84.6 Å². The number of Topliss-reactive ketones (excluding diaryl/α,β-unsaturated/α-hetero) is 2. The van der Waals surface area contributed by atoms with E-state index in [9.17, 15) is 19.2 Å². The van der Waals surface area contributed by atoms with E-state index in [1.807, 2.05) is 13.8 Å². The summed E-state index contributed by atoms with van der Waals surface area (Å²) in [6, 6.07) is 12.2. The van der Waals surface area contributed by atoms with Gasteiger partial charge in [-0.05, 0) is 50.5 Å². The van der Waals surface area contributed by atoms with Gasteiger partial charge in [0.05, 0.1) is 37.6 Å². The highest BCUT2D eigenvalue weighted by molar-refractivity contribution is 6.05. The highest BCUT2D eigenvalue weighted by atomic mass is 16.6. The van der Waals surface area contributed by atoms with Gasteiger partial charge in [0.2, 0.25) is 0 Å². The Hall–Kier alpha value is -3.44. The fourth-order valence-electron chi connectivity index (χ4n) is 4.26. The van der Waals surface area contributed by atoms with Crippen LogP contribution in [0.2, 0.25) is 0 Å². The Bertz CT molecular complexity index is 1190. The van der Waals surface area contributed by atoms with E-state index in [2.05, 4.69) is 0 Å². The lowest BCUT2D eigenvalue weighted by atomic mass is 9.87. The van der Waals surface area contributed by atoms with Crippen molar-refractivity contribution in [3.63, 3.8) is 0 Å². The molecule has 0 aromatic heterocycles. The molecule has 0 heterocycles. The van der Waals surface area contributed by atoms with Crippen LogP contribution in [0.15, 0.2) is 48.5 Å². The van der Waals surface area contributed by atoms with Crippen LogP contribution in [0.25, 0.3) is 0 Å². The molecule has 0 aliphatic rings. The summed E-state index contributed by atoms with van der Waals surface area (Å²) >= 11 is 0. The minimum Gasteiger partial charge on any atom is -0.460 e. The number of esters is 2. The molecule has 0 aliphatic carbocycles. The zero-order valence-corrected chi connectivity index (χ0v) is 24.1. The average Bonchev–Trinajstić information content (AvgIpc) is 3.02. The molecule has 0 bridgehead atoms. The number of aliphatic hydroxyl groups is 2. The Labute approximate surface area is 240 Å². The summed E-state index contributed by atoms with van der Waals surface area (Å²) in [6.45, 7) is 6.21. The fraction of sp³-hybridized carbons (Fsp3) is 0.484. The first-order chi connectivity index (χ1) is 19.6. The summed E-state index contributed by atoms with van der Waals surface area (Å²) in [5.74, 6) is -1.94. The third-order valence-electron chi connectivity index (χ3n) is 6.96. The summed E-state index contributed by atoms with van der Waals surface area (Å²) in [5, 5.41) is 18.0. The second kappa shape index (κ2) is 16.1. The van der Waals surface area contributed by atoms with Gasteiger partial charge in [-0.2, -0.15) is 0 Å². The van der Waals surface area contributed by atoms with E-state index in [0.29, 0.717) is 24.8 Å². The third-order valence-corrected chi connectivity index (χ3v) is 6.96. The Morgan fingerprint density at radius 2 is 1.12 bits per heavy atom. The van der Waals surface area contributed by atoms with Crippen molar-refractivity contribution in [1.82, 2.24) is 0 Å². The Morgan fingerprint density at radius 1 is 0.634 bits per heavy atom. The maximum Gasteiger partial charge on any atom is 0.338 e. The smallest absolute Gasteiger partial charge is 0.338 e. The molecule has 0 saturated carbocycles. The fourth-order valence-corrected chi connectivity index (χ4v) is 4.26. The van der Waals surface area contributed by atoms with Gasteiger partial charge in [-0.3, -0.25) is 9.59 Å². The van der Waals surface area contributed by atoms with Gasteiger partial charge in [-0.15, -0.1) is 0 Å². The first-order valence-corrected chi connectivity index (χ1v) is 13.7. The van der Waals surface area contributed by atoms with Crippen LogP contribution in [0.5, 0.6) is 0 Å². The van der Waals surface area contributed by atoms with Gasteiger partial charge in [-0.25, -0.2) is 9.59 Å². The first kappa shape index (κ1) is 33.8. The Kier molecular flexibility index (Phi) is 13.3. The number of ether oxygens (including phenoxy) is 4. The second-order valence-corrected chi connectivity index (χ2v) is 9.52. The third kappa shape index (κ3) is 8.77. The van der Waals surface area contributed by atoms with E-state index in [-0.39, 0.29) is 67.9 Å². The van der Waals surface area contributed by atoms with Crippen molar-refractivity contribution in [1.29, 1.82) is 0 Å². The van der Waals surface area contributed by atoms with E-state index < -0.39 is 23.1 Å². The van der Waals surface area contributed by atoms with Gasteiger partial charge >= 0.3 is 11.9 Å². The minimum atomic E-state index is -1.25. The van der Waals surface area contributed by atoms with Crippen molar-refractivity contribution >= 4 is 23.5 Å². The number of rotatable bonds is 18. The molecule has 0 saturated heterocycles. The summed E-state index contributed by atoms with van der Waals surface area (Å²) < 4.78 is 21.8. The first-order valence-electron chi connectivity index (χ1n) is 13.7. The molecule has 1 atom stereocenters. The molecule has 10 heteroatoms. The molecule has 224 valence electrons. The van der Waals surface area contributed by atoms with Gasteiger partial charge in [0.25, 0.3) is 0 Å². The number of carbonyl (C=O) groups excluding carboxylic acids is 4. The normalized spacial score (nSPS) is 12.8. The number of benzene rings is 2. The maximum absolute atomic E-state index is 13.3. The molecule has 0 fully saturated rings. The molecule has 41 heavy (non-hydrogen) atoms. The summed E-state index contributed by atoms with van der Waals surface area (Å²) in [7, 11) is 0. The topological polar surface area (TPSA) is 146 Å². The molecule has 2 rings (SSSR count). The quantitative estimate of drug-likeness (QED) is 0.154. The van der Waals surface area contributed by atoms with Crippen LogP contribution in [0, 0.1) is 0 Å². The van der Waals surface area contributed by atoms with Crippen LogP contribution in [-0.2, 0) is 18.9 Å². The van der Waals surface area contributed by atoms with Crippen LogP contribution in [0.3, 0.4) is 0 Å². The molecule has 2 aromatic carbocycles. The Morgan fingerprint density at radius 3 is 1.61 bits per heavy atom. The zero-order chi connectivity index (χ0) is 30.5. The summed E-state index contributed by atoms with van der Waals surface area (Å²) in [5.41, 5.74) is -1.45. The Balaban J connectivity index is 2.03. The summed E-state index contributed by atoms with van der Waals surface area (Å²) in [6.07, 6.45) is 1.13. The SMILES string of the molecule is CCC(C)(OCCOC(=O)c1cccc(C(=O)C(CC)(CC)OCCO)c1)C(=O)c1cccc(C(=O)OCCO)c1. The molecule has 0 amide bonds. The lowest BCUT2D eigenvalue weighted by Crippen LogP contribution is -2.41. The van der Waals surface area contributed by atoms with Crippen molar-refractivity contribution in [2.45, 2.75) is 58.2 Å². The van der Waals surface area contributed by atoms with E-state index in [1.165, 1.54) is 24.3 Å². The standard InChI is InChI=1S/C31H40O10/c1-5-30(4,26(34)22-10-8-12-24(20-22)28(36)38-16-14-32)40-19-18-39-29(37)25-13-9-11-23(21-25)27(35)31(6-2,7-3)41-17-15-33/h8-13,20-21,32-33H,5-7,14-19H2,1-4H3. The number of aliphatic hydroxyl groups excluding tert-OH is 2. The van der Waals surface area contributed by atoms with Crippen molar-refractivity contribution in [2.75, 3.05) is 39.6 Å². The van der Waals surface area contributed by atoms with Crippen LogP contribution in [0.1, 0.15) is 88.4 Å². The molecule has 2 N–H and O–H groups in total. The van der Waals surface area contributed by atoms with E-state index in [0.717, 1.165) is 0 Å². The molecular formula is C31H40O10. The van der Waals surface area contributed by atoms with Crippen molar-refractivity contribution in [3.05, 3.63) is 70.8 Å². The predicted molar refractivity (Wildman–Crippen MR) is 150 cm³/mol. The second-order valence-electron chi connectivity index (χ2n) is 9.52. The van der Waals surface area contributed by atoms with Gasteiger partial charge in [-0.1, -0.05) is 45.0 Å². The largest absolute Gasteiger partial charge is 0.460 e. The molecule has 0 radical (unpaired) electrons. The monoisotopic (exact) mass is 572 g/mol. The van der Waals surface area contributed by atoms with Gasteiger partial charge < -0.3 is 29.2 Å². The lowest BCUT2D eigenvalue weighted by molar-refractivity contribution is -0.0419. The van der Waals surface area contributed by atoms with E-state index in [1.54, 1.807) is 38.1 Å². The van der Waals surface area contributed by atoms with Crippen LogP contribution in [0.4, 0.5) is 0 Å². The molecule has 0 spiro atoms. The number of ketones is 2. The van der Waals surface area contributed by atoms with Gasteiger partial charge in [0.1, 0.15) is 24.4 Å². The number of hydrogen-bond donors (Lipinski definition) is 2. The van der Waals surface area contributed by atoms with Crippen molar-refractivity contribution < 1.29 is 48.3 Å². The highest BCUT2D eigenvalue weighted by Gasteiger charge is 2.37. The summed E-state index contributed by atoms with van der Waals surface area (Å²) in [4.78, 5) is 51.3.